The zero-order valence-corrected chi connectivity index (χ0v) is 17.2. The Kier molecular flexibility index (Phi) is 6.53. The molecule has 2 N–H and O–H groups in total. The molecule has 2 heterocycles. The minimum absolute atomic E-state index is 0.0608. The van der Waals surface area contributed by atoms with Crippen LogP contribution in [-0.2, 0) is 14.3 Å². The molecule has 8 nitrogen and oxygen atoms in total. The predicted octanol–water partition coefficient (Wildman–Crippen LogP) is 1.33. The molecule has 3 amide bonds. The number of hydrogen-bond acceptors (Lipinski definition) is 5. The van der Waals surface area contributed by atoms with Crippen LogP contribution in [0.15, 0.2) is 35.5 Å². The van der Waals surface area contributed by atoms with E-state index in [9.17, 15) is 14.4 Å². The average molecular weight is 400 g/mol. The van der Waals surface area contributed by atoms with Gasteiger partial charge in [0.1, 0.15) is 0 Å². The molecule has 1 aromatic carbocycles. The third-order valence-corrected chi connectivity index (χ3v) is 5.26. The molecule has 1 fully saturated rings. The lowest BCUT2D eigenvalue weighted by Gasteiger charge is -2.36. The summed E-state index contributed by atoms with van der Waals surface area (Å²) in [4.78, 5) is 40.6. The largest absolute Gasteiger partial charge is 0.463 e. The second-order valence-corrected chi connectivity index (χ2v) is 7.34. The van der Waals surface area contributed by atoms with Crippen molar-refractivity contribution in [3.05, 3.63) is 46.7 Å². The Morgan fingerprint density at radius 3 is 2.38 bits per heavy atom. The Balaban J connectivity index is 1.89. The number of carbonyl (C=O) groups is 3. The highest BCUT2D eigenvalue weighted by atomic mass is 16.5. The van der Waals surface area contributed by atoms with Crippen molar-refractivity contribution in [3.8, 4) is 0 Å². The Morgan fingerprint density at radius 2 is 1.79 bits per heavy atom. The van der Waals surface area contributed by atoms with Crippen LogP contribution in [-0.4, -0.2) is 67.0 Å². The SMILES string of the molecule is CCOC(=O)C1=C(CN2CCN(C(C)=O)CC2)NC(=O)N[C@@H]1c1ccc(C)cc1. The average Bonchev–Trinajstić information content (AvgIpc) is 2.68. The van der Waals surface area contributed by atoms with Gasteiger partial charge < -0.3 is 20.3 Å². The van der Waals surface area contributed by atoms with Crippen molar-refractivity contribution >= 4 is 17.9 Å². The minimum Gasteiger partial charge on any atom is -0.463 e. The number of aryl methyl sites for hydroxylation is 1. The normalized spacial score (nSPS) is 20.2. The molecule has 0 spiro atoms. The van der Waals surface area contributed by atoms with Gasteiger partial charge in [-0.3, -0.25) is 9.69 Å². The van der Waals surface area contributed by atoms with Crippen molar-refractivity contribution in [2.75, 3.05) is 39.3 Å². The number of hydrogen-bond donors (Lipinski definition) is 2. The molecule has 29 heavy (non-hydrogen) atoms. The van der Waals surface area contributed by atoms with Crippen LogP contribution in [0.2, 0.25) is 0 Å². The lowest BCUT2D eigenvalue weighted by molar-refractivity contribution is -0.139. The standard InChI is InChI=1S/C21H28N4O4/c1-4-29-20(27)18-17(13-24-9-11-25(12-10-24)15(3)26)22-21(28)23-19(18)16-7-5-14(2)6-8-16/h5-8,19H,4,9-13H2,1-3H3,(H2,22,23,28)/t19-/m1/s1. The van der Waals surface area contributed by atoms with Gasteiger partial charge in [-0.15, -0.1) is 0 Å². The monoisotopic (exact) mass is 400 g/mol. The van der Waals surface area contributed by atoms with Crippen LogP contribution in [0.4, 0.5) is 4.79 Å². The van der Waals surface area contributed by atoms with Gasteiger partial charge in [-0.25, -0.2) is 9.59 Å². The van der Waals surface area contributed by atoms with Crippen molar-refractivity contribution in [2.45, 2.75) is 26.8 Å². The molecule has 1 aromatic rings. The molecule has 0 unspecified atom stereocenters. The molecule has 3 rings (SSSR count). The molecule has 0 aliphatic carbocycles. The molecule has 8 heteroatoms. The maximum atomic E-state index is 12.8. The minimum atomic E-state index is -0.572. The highest BCUT2D eigenvalue weighted by Crippen LogP contribution is 2.28. The second kappa shape index (κ2) is 9.09. The van der Waals surface area contributed by atoms with Crippen molar-refractivity contribution in [3.63, 3.8) is 0 Å². The van der Waals surface area contributed by atoms with E-state index in [-0.39, 0.29) is 18.5 Å². The van der Waals surface area contributed by atoms with E-state index >= 15 is 0 Å². The molecular weight excluding hydrogens is 372 g/mol. The summed E-state index contributed by atoms with van der Waals surface area (Å²) in [5.41, 5.74) is 2.89. The van der Waals surface area contributed by atoms with Gasteiger partial charge >= 0.3 is 12.0 Å². The van der Waals surface area contributed by atoms with Gasteiger partial charge in [0.15, 0.2) is 0 Å². The van der Waals surface area contributed by atoms with Crippen LogP contribution in [0, 0.1) is 6.92 Å². The van der Waals surface area contributed by atoms with Gasteiger partial charge in [-0.05, 0) is 19.4 Å². The number of rotatable bonds is 5. The van der Waals surface area contributed by atoms with Crippen LogP contribution < -0.4 is 10.6 Å². The number of nitrogens with one attached hydrogen (secondary N) is 2. The van der Waals surface area contributed by atoms with E-state index in [1.165, 1.54) is 0 Å². The smallest absolute Gasteiger partial charge is 0.338 e. The number of amides is 3. The lowest BCUT2D eigenvalue weighted by atomic mass is 9.94. The van der Waals surface area contributed by atoms with Gasteiger partial charge in [0.2, 0.25) is 5.91 Å². The number of nitrogens with zero attached hydrogens (tertiary/aromatic N) is 2. The fourth-order valence-electron chi connectivity index (χ4n) is 3.65. The number of carbonyl (C=O) groups excluding carboxylic acids is 3. The van der Waals surface area contributed by atoms with Gasteiger partial charge in [-0.2, -0.15) is 0 Å². The summed E-state index contributed by atoms with van der Waals surface area (Å²) in [6.45, 7) is 8.59. The summed E-state index contributed by atoms with van der Waals surface area (Å²) in [5.74, 6) is -0.381. The van der Waals surface area contributed by atoms with Gasteiger partial charge in [0, 0.05) is 45.3 Å². The third kappa shape index (κ3) is 4.95. The van der Waals surface area contributed by atoms with E-state index in [1.54, 1.807) is 18.7 Å². The van der Waals surface area contributed by atoms with E-state index in [0.717, 1.165) is 11.1 Å². The number of esters is 1. The van der Waals surface area contributed by atoms with Gasteiger partial charge in [-0.1, -0.05) is 29.8 Å². The first-order chi connectivity index (χ1) is 13.9. The van der Waals surface area contributed by atoms with E-state index in [1.807, 2.05) is 31.2 Å². The fourth-order valence-corrected chi connectivity index (χ4v) is 3.65. The molecule has 0 radical (unpaired) electrons. The molecule has 0 saturated carbocycles. The third-order valence-electron chi connectivity index (χ3n) is 5.26. The first-order valence-corrected chi connectivity index (χ1v) is 9.91. The predicted molar refractivity (Wildman–Crippen MR) is 108 cm³/mol. The topological polar surface area (TPSA) is 91.0 Å². The maximum Gasteiger partial charge on any atom is 0.338 e. The first kappa shape index (κ1) is 20.9. The fraction of sp³-hybridized carbons (Fsp3) is 0.476. The summed E-state index contributed by atoms with van der Waals surface area (Å²) >= 11 is 0. The second-order valence-electron chi connectivity index (χ2n) is 7.34. The molecule has 0 bridgehead atoms. The number of piperazine rings is 1. The summed E-state index contributed by atoms with van der Waals surface area (Å²) in [5, 5.41) is 5.66. The van der Waals surface area contributed by atoms with Crippen molar-refractivity contribution in [2.24, 2.45) is 0 Å². The van der Waals surface area contributed by atoms with Crippen LogP contribution in [0.25, 0.3) is 0 Å². The Bertz CT molecular complexity index is 810. The Labute approximate surface area is 170 Å². The van der Waals surface area contributed by atoms with Crippen LogP contribution in [0.3, 0.4) is 0 Å². The molecule has 0 aromatic heterocycles. The quantitative estimate of drug-likeness (QED) is 0.728. The summed E-state index contributed by atoms with van der Waals surface area (Å²) < 4.78 is 5.30. The molecule has 2 aliphatic rings. The van der Waals surface area contributed by atoms with Crippen molar-refractivity contribution in [1.29, 1.82) is 0 Å². The molecule has 1 saturated heterocycles. The zero-order valence-electron chi connectivity index (χ0n) is 17.2. The molecule has 156 valence electrons. The molecular formula is C21H28N4O4. The first-order valence-electron chi connectivity index (χ1n) is 9.91. The highest BCUT2D eigenvalue weighted by molar-refractivity contribution is 5.95. The van der Waals surface area contributed by atoms with E-state index in [0.29, 0.717) is 44.0 Å². The van der Waals surface area contributed by atoms with Crippen molar-refractivity contribution in [1.82, 2.24) is 20.4 Å². The van der Waals surface area contributed by atoms with Gasteiger partial charge in [0.25, 0.3) is 0 Å². The van der Waals surface area contributed by atoms with E-state index < -0.39 is 12.0 Å². The van der Waals surface area contributed by atoms with Crippen molar-refractivity contribution < 1.29 is 19.1 Å². The maximum absolute atomic E-state index is 12.8. The van der Waals surface area contributed by atoms with Crippen LogP contribution in [0.5, 0.6) is 0 Å². The van der Waals surface area contributed by atoms with Crippen LogP contribution in [0.1, 0.15) is 31.0 Å². The lowest BCUT2D eigenvalue weighted by Crippen LogP contribution is -2.52. The summed E-state index contributed by atoms with van der Waals surface area (Å²) in [6, 6.07) is 6.81. The summed E-state index contributed by atoms with van der Waals surface area (Å²) in [6.07, 6.45) is 0. The summed E-state index contributed by atoms with van der Waals surface area (Å²) in [7, 11) is 0. The van der Waals surface area contributed by atoms with E-state index in [2.05, 4.69) is 15.5 Å². The van der Waals surface area contributed by atoms with Gasteiger partial charge in [0.05, 0.1) is 18.2 Å². The molecule has 1 atom stereocenters. The zero-order chi connectivity index (χ0) is 21.0. The number of benzene rings is 1. The number of ether oxygens (including phenoxy) is 1. The highest BCUT2D eigenvalue weighted by Gasteiger charge is 2.34. The molecule has 2 aliphatic heterocycles. The Hall–Kier alpha value is -2.87. The Morgan fingerprint density at radius 1 is 1.14 bits per heavy atom. The number of urea groups is 1. The van der Waals surface area contributed by atoms with E-state index in [4.69, 9.17) is 4.74 Å². The van der Waals surface area contributed by atoms with Crippen LogP contribution >= 0.6 is 0 Å².